The van der Waals surface area contributed by atoms with Gasteiger partial charge in [0.25, 0.3) is 0 Å². The number of ether oxygens (including phenoxy) is 2. The summed E-state index contributed by atoms with van der Waals surface area (Å²) in [5.74, 6) is 1.68. The van der Waals surface area contributed by atoms with Gasteiger partial charge in [-0.05, 0) is 50.6 Å². The Hall–Kier alpha value is -1.22. The van der Waals surface area contributed by atoms with Gasteiger partial charge in [-0.2, -0.15) is 0 Å². The maximum atomic E-state index is 5.50. The second kappa shape index (κ2) is 5.28. The highest BCUT2D eigenvalue weighted by atomic mass is 16.5. The van der Waals surface area contributed by atoms with E-state index in [9.17, 15) is 0 Å². The van der Waals surface area contributed by atoms with Gasteiger partial charge >= 0.3 is 0 Å². The molecule has 0 bridgehead atoms. The number of hydrogen-bond acceptors (Lipinski definition) is 3. The summed E-state index contributed by atoms with van der Waals surface area (Å²) >= 11 is 0. The second-order valence-corrected chi connectivity index (χ2v) is 6.22. The maximum Gasteiger partial charge on any atom is 0.161 e. The number of nitrogens with zero attached hydrogens (tertiary/aromatic N) is 1. The van der Waals surface area contributed by atoms with E-state index < -0.39 is 0 Å². The Kier molecular flexibility index (Phi) is 3.63. The van der Waals surface area contributed by atoms with E-state index in [1.54, 1.807) is 14.2 Å². The minimum absolute atomic E-state index is 0.326. The molecule has 1 aliphatic heterocycles. The van der Waals surface area contributed by atoms with Crippen LogP contribution in [0.1, 0.15) is 37.7 Å². The third-order valence-electron chi connectivity index (χ3n) is 5.39. The first-order valence-electron chi connectivity index (χ1n) is 7.64. The average Bonchev–Trinajstić information content (AvgIpc) is 2.85. The zero-order valence-electron chi connectivity index (χ0n) is 12.8. The van der Waals surface area contributed by atoms with Crippen LogP contribution in [0.15, 0.2) is 18.2 Å². The van der Waals surface area contributed by atoms with Crippen molar-refractivity contribution in [1.82, 2.24) is 4.90 Å². The number of likely N-dealkylation sites (tertiary alicyclic amines) is 1. The molecule has 3 heteroatoms. The molecule has 2 atom stereocenters. The van der Waals surface area contributed by atoms with Crippen molar-refractivity contribution in [2.24, 2.45) is 0 Å². The molecule has 1 aliphatic carbocycles. The molecule has 0 unspecified atom stereocenters. The number of likely N-dealkylation sites (N-methyl/N-ethyl adjacent to an activating group) is 1. The van der Waals surface area contributed by atoms with E-state index >= 15 is 0 Å². The summed E-state index contributed by atoms with van der Waals surface area (Å²) in [5, 5.41) is 0. The van der Waals surface area contributed by atoms with Gasteiger partial charge in [0.2, 0.25) is 0 Å². The van der Waals surface area contributed by atoms with E-state index in [2.05, 4.69) is 30.1 Å². The molecule has 0 radical (unpaired) electrons. The van der Waals surface area contributed by atoms with Gasteiger partial charge in [-0.3, -0.25) is 0 Å². The Balaban J connectivity index is 2.02. The Morgan fingerprint density at radius 1 is 1.10 bits per heavy atom. The molecule has 1 saturated heterocycles. The van der Waals surface area contributed by atoms with Gasteiger partial charge in [0, 0.05) is 11.5 Å². The molecule has 2 fully saturated rings. The fourth-order valence-electron chi connectivity index (χ4n) is 4.31. The molecule has 0 spiro atoms. The first-order valence-corrected chi connectivity index (χ1v) is 7.64. The van der Waals surface area contributed by atoms with Crippen LogP contribution in [0.4, 0.5) is 0 Å². The topological polar surface area (TPSA) is 21.7 Å². The second-order valence-electron chi connectivity index (χ2n) is 6.22. The molecule has 1 saturated carbocycles. The number of fused-ring (bicyclic) bond motifs is 1. The van der Waals surface area contributed by atoms with E-state index in [1.165, 1.54) is 44.2 Å². The highest BCUT2D eigenvalue weighted by Crippen LogP contribution is 2.49. The Bertz CT molecular complexity index is 484. The Labute approximate surface area is 121 Å². The third kappa shape index (κ3) is 1.99. The van der Waals surface area contributed by atoms with Crippen LogP contribution in [-0.2, 0) is 5.41 Å². The van der Waals surface area contributed by atoms with Crippen LogP contribution in [-0.4, -0.2) is 38.8 Å². The minimum atomic E-state index is 0.326. The number of benzene rings is 1. The average molecular weight is 275 g/mol. The van der Waals surface area contributed by atoms with Gasteiger partial charge in [0.05, 0.1) is 14.2 Å². The van der Waals surface area contributed by atoms with Crippen molar-refractivity contribution >= 4 is 0 Å². The molecule has 20 heavy (non-hydrogen) atoms. The lowest BCUT2D eigenvalue weighted by molar-refractivity contribution is 0.181. The van der Waals surface area contributed by atoms with Crippen molar-refractivity contribution in [2.45, 2.75) is 43.6 Å². The number of rotatable bonds is 3. The SMILES string of the molecule is COc1ccc([C@@]23CCCC[C@H]2N(C)CC3)cc1OC. The van der Waals surface area contributed by atoms with E-state index in [-0.39, 0.29) is 0 Å². The summed E-state index contributed by atoms with van der Waals surface area (Å²) in [6, 6.07) is 7.21. The van der Waals surface area contributed by atoms with Gasteiger partial charge in [-0.25, -0.2) is 0 Å². The first-order chi connectivity index (χ1) is 9.71. The van der Waals surface area contributed by atoms with Gasteiger partial charge in [0.1, 0.15) is 0 Å². The standard InChI is InChI=1S/C17H25NO2/c1-18-11-10-17(9-5-4-6-16(17)18)13-7-8-14(19-2)15(12-13)20-3/h7-8,12,16H,4-6,9-11H2,1-3H3/t16-,17+/m1/s1. The summed E-state index contributed by atoms with van der Waals surface area (Å²) in [4.78, 5) is 2.55. The highest BCUT2D eigenvalue weighted by Gasteiger charge is 2.48. The summed E-state index contributed by atoms with van der Waals surface area (Å²) < 4.78 is 10.9. The number of methoxy groups -OCH3 is 2. The van der Waals surface area contributed by atoms with Crippen molar-refractivity contribution in [3.8, 4) is 11.5 Å². The van der Waals surface area contributed by atoms with Crippen LogP contribution in [0.3, 0.4) is 0 Å². The molecule has 1 heterocycles. The van der Waals surface area contributed by atoms with Crippen molar-refractivity contribution in [3.63, 3.8) is 0 Å². The molecule has 0 N–H and O–H groups in total. The molecular formula is C17H25NO2. The summed E-state index contributed by atoms with van der Waals surface area (Å²) in [6.07, 6.45) is 6.61. The lowest BCUT2D eigenvalue weighted by atomic mass is 9.66. The fourth-order valence-corrected chi connectivity index (χ4v) is 4.31. The molecule has 1 aromatic rings. The zero-order valence-corrected chi connectivity index (χ0v) is 12.8. The molecule has 110 valence electrons. The van der Waals surface area contributed by atoms with E-state index in [1.807, 2.05) is 0 Å². The van der Waals surface area contributed by atoms with Gasteiger partial charge in [-0.15, -0.1) is 0 Å². The van der Waals surface area contributed by atoms with Gasteiger partial charge in [0.15, 0.2) is 11.5 Å². The van der Waals surface area contributed by atoms with Crippen LogP contribution in [0, 0.1) is 0 Å². The Morgan fingerprint density at radius 2 is 1.90 bits per heavy atom. The third-order valence-corrected chi connectivity index (χ3v) is 5.39. The van der Waals surface area contributed by atoms with Crippen LogP contribution in [0.5, 0.6) is 11.5 Å². The number of hydrogen-bond donors (Lipinski definition) is 0. The van der Waals surface area contributed by atoms with Crippen LogP contribution in [0.2, 0.25) is 0 Å². The highest BCUT2D eigenvalue weighted by molar-refractivity contribution is 5.46. The normalized spacial score (nSPS) is 30.1. The van der Waals surface area contributed by atoms with Crippen LogP contribution >= 0.6 is 0 Å². The lowest BCUT2D eigenvalue weighted by Gasteiger charge is -2.42. The van der Waals surface area contributed by atoms with Gasteiger partial charge in [-0.1, -0.05) is 18.9 Å². The van der Waals surface area contributed by atoms with Crippen LogP contribution < -0.4 is 9.47 Å². The Morgan fingerprint density at radius 3 is 2.65 bits per heavy atom. The van der Waals surface area contributed by atoms with E-state index in [0.717, 1.165) is 11.5 Å². The van der Waals surface area contributed by atoms with Crippen molar-refractivity contribution in [3.05, 3.63) is 23.8 Å². The van der Waals surface area contributed by atoms with Crippen molar-refractivity contribution in [1.29, 1.82) is 0 Å². The molecule has 0 amide bonds. The minimum Gasteiger partial charge on any atom is -0.493 e. The molecule has 0 aromatic heterocycles. The molecule has 2 aliphatic rings. The van der Waals surface area contributed by atoms with Crippen molar-refractivity contribution < 1.29 is 9.47 Å². The monoisotopic (exact) mass is 275 g/mol. The van der Waals surface area contributed by atoms with E-state index in [0.29, 0.717) is 11.5 Å². The predicted octanol–water partition coefficient (Wildman–Crippen LogP) is 3.22. The van der Waals surface area contributed by atoms with Crippen LogP contribution in [0.25, 0.3) is 0 Å². The smallest absolute Gasteiger partial charge is 0.161 e. The summed E-state index contributed by atoms with van der Waals surface area (Å²) in [7, 11) is 5.69. The molecule has 3 nitrogen and oxygen atoms in total. The summed E-state index contributed by atoms with van der Waals surface area (Å²) in [6.45, 7) is 1.21. The van der Waals surface area contributed by atoms with Gasteiger partial charge < -0.3 is 14.4 Å². The predicted molar refractivity (Wildman–Crippen MR) is 80.7 cm³/mol. The molecular weight excluding hydrogens is 250 g/mol. The quantitative estimate of drug-likeness (QED) is 0.845. The maximum absolute atomic E-state index is 5.50. The van der Waals surface area contributed by atoms with E-state index in [4.69, 9.17) is 9.47 Å². The fraction of sp³-hybridized carbons (Fsp3) is 0.647. The first kappa shape index (κ1) is 13.7. The molecule has 3 rings (SSSR count). The molecule has 1 aromatic carbocycles. The summed E-state index contributed by atoms with van der Waals surface area (Å²) in [5.41, 5.74) is 1.76. The largest absolute Gasteiger partial charge is 0.493 e. The zero-order chi connectivity index (χ0) is 14.2. The van der Waals surface area contributed by atoms with Crippen molar-refractivity contribution in [2.75, 3.05) is 27.8 Å². The lowest BCUT2D eigenvalue weighted by Crippen LogP contribution is -2.43.